The molecule has 0 fully saturated rings. The minimum absolute atomic E-state index is 0.197. The number of nitrogens with one attached hydrogen (secondary N) is 1. The highest BCUT2D eigenvalue weighted by Gasteiger charge is 1.94. The fraction of sp³-hybridized carbons (Fsp3) is 1.00. The predicted octanol–water partition coefficient (Wildman–Crippen LogP) is 0.688. The van der Waals surface area contributed by atoms with Crippen molar-refractivity contribution in [3.05, 3.63) is 0 Å². The van der Waals surface area contributed by atoms with Crippen LogP contribution in [0.3, 0.4) is 0 Å². The highest BCUT2D eigenvalue weighted by molar-refractivity contribution is 4.47. The average Bonchev–Trinajstić information content (AvgIpc) is 1.98. The molecule has 0 aromatic heterocycles. The Balaban J connectivity index is 2.89. The van der Waals surface area contributed by atoms with E-state index in [9.17, 15) is 0 Å². The van der Waals surface area contributed by atoms with Crippen LogP contribution >= 0.6 is 0 Å². The van der Waals surface area contributed by atoms with Gasteiger partial charge in [-0.15, -0.1) is 0 Å². The Kier molecular flexibility index (Phi) is 6.91. The molecule has 0 bridgehead atoms. The maximum atomic E-state index is 8.38. The molecule has 0 rings (SSSR count). The van der Waals surface area contributed by atoms with Gasteiger partial charge in [-0.1, -0.05) is 6.92 Å². The zero-order chi connectivity index (χ0) is 7.82. The van der Waals surface area contributed by atoms with Crippen molar-refractivity contribution in [3.63, 3.8) is 0 Å². The SMILES string of the molecule is CCC(C)NOCCCO. The molecule has 0 amide bonds. The van der Waals surface area contributed by atoms with Gasteiger partial charge in [-0.3, -0.25) is 0 Å². The van der Waals surface area contributed by atoms with Crippen LogP contribution in [0.5, 0.6) is 0 Å². The van der Waals surface area contributed by atoms with Crippen molar-refractivity contribution in [2.75, 3.05) is 13.2 Å². The quantitative estimate of drug-likeness (QED) is 0.429. The molecule has 0 heterocycles. The molecular formula is C7H17NO2. The Morgan fingerprint density at radius 1 is 1.60 bits per heavy atom. The normalized spacial score (nSPS) is 13.5. The summed E-state index contributed by atoms with van der Waals surface area (Å²) in [5.41, 5.74) is 2.86. The lowest BCUT2D eigenvalue weighted by atomic mass is 10.3. The van der Waals surface area contributed by atoms with E-state index in [-0.39, 0.29) is 6.61 Å². The summed E-state index contributed by atoms with van der Waals surface area (Å²) in [5, 5.41) is 8.38. The lowest BCUT2D eigenvalue weighted by Gasteiger charge is -2.10. The Labute approximate surface area is 62.3 Å². The van der Waals surface area contributed by atoms with E-state index < -0.39 is 0 Å². The summed E-state index contributed by atoms with van der Waals surface area (Å²) in [4.78, 5) is 5.02. The van der Waals surface area contributed by atoms with E-state index in [1.807, 2.05) is 0 Å². The van der Waals surface area contributed by atoms with Crippen molar-refractivity contribution >= 4 is 0 Å². The molecular weight excluding hydrogens is 130 g/mol. The molecule has 3 nitrogen and oxygen atoms in total. The number of hydroxylamine groups is 1. The van der Waals surface area contributed by atoms with E-state index in [2.05, 4.69) is 19.3 Å². The lowest BCUT2D eigenvalue weighted by Crippen LogP contribution is -2.25. The molecule has 0 saturated heterocycles. The smallest absolute Gasteiger partial charge is 0.0704 e. The molecule has 0 aliphatic carbocycles. The minimum atomic E-state index is 0.197. The third-order valence-electron chi connectivity index (χ3n) is 1.30. The van der Waals surface area contributed by atoms with Crippen molar-refractivity contribution in [1.82, 2.24) is 5.48 Å². The monoisotopic (exact) mass is 147 g/mol. The van der Waals surface area contributed by atoms with Crippen LogP contribution in [-0.2, 0) is 4.84 Å². The van der Waals surface area contributed by atoms with Gasteiger partial charge in [0.2, 0.25) is 0 Å². The van der Waals surface area contributed by atoms with Crippen LogP contribution in [0.15, 0.2) is 0 Å². The molecule has 0 spiro atoms. The van der Waals surface area contributed by atoms with Gasteiger partial charge in [-0.25, -0.2) is 0 Å². The first-order chi connectivity index (χ1) is 4.81. The predicted molar refractivity (Wildman–Crippen MR) is 40.5 cm³/mol. The third-order valence-corrected chi connectivity index (χ3v) is 1.30. The topological polar surface area (TPSA) is 41.5 Å². The van der Waals surface area contributed by atoms with E-state index in [4.69, 9.17) is 9.94 Å². The summed E-state index contributed by atoms with van der Waals surface area (Å²) in [6, 6.07) is 0.402. The number of hydrogen-bond acceptors (Lipinski definition) is 3. The Hall–Kier alpha value is -0.120. The van der Waals surface area contributed by atoms with Crippen LogP contribution in [0.2, 0.25) is 0 Å². The second kappa shape index (κ2) is 6.99. The maximum absolute atomic E-state index is 8.38. The first kappa shape index (κ1) is 9.88. The van der Waals surface area contributed by atoms with Gasteiger partial charge in [-0.2, -0.15) is 5.48 Å². The molecule has 3 heteroatoms. The van der Waals surface area contributed by atoms with Gasteiger partial charge < -0.3 is 9.94 Å². The van der Waals surface area contributed by atoms with Gasteiger partial charge in [-0.05, 0) is 19.8 Å². The summed E-state index contributed by atoms with van der Waals surface area (Å²) >= 11 is 0. The van der Waals surface area contributed by atoms with Crippen LogP contribution < -0.4 is 5.48 Å². The van der Waals surface area contributed by atoms with Crippen molar-refractivity contribution in [1.29, 1.82) is 0 Å². The molecule has 1 unspecified atom stereocenters. The van der Waals surface area contributed by atoms with Crippen LogP contribution in [0, 0.1) is 0 Å². The maximum Gasteiger partial charge on any atom is 0.0704 e. The molecule has 2 N–H and O–H groups in total. The molecule has 0 radical (unpaired) electrons. The average molecular weight is 147 g/mol. The number of rotatable bonds is 6. The fourth-order valence-electron chi connectivity index (χ4n) is 0.421. The highest BCUT2D eigenvalue weighted by Crippen LogP contribution is 1.87. The van der Waals surface area contributed by atoms with Crippen molar-refractivity contribution < 1.29 is 9.94 Å². The number of aliphatic hydroxyl groups is 1. The molecule has 0 aromatic rings. The van der Waals surface area contributed by atoms with E-state index in [1.165, 1.54) is 0 Å². The molecule has 0 aromatic carbocycles. The van der Waals surface area contributed by atoms with Crippen LogP contribution in [0.1, 0.15) is 26.7 Å². The van der Waals surface area contributed by atoms with E-state index >= 15 is 0 Å². The van der Waals surface area contributed by atoms with Gasteiger partial charge >= 0.3 is 0 Å². The number of hydrogen-bond donors (Lipinski definition) is 2. The van der Waals surface area contributed by atoms with Gasteiger partial charge in [0.15, 0.2) is 0 Å². The summed E-state index contributed by atoms with van der Waals surface area (Å²) in [7, 11) is 0. The largest absolute Gasteiger partial charge is 0.396 e. The molecule has 0 saturated carbocycles. The first-order valence-electron chi connectivity index (χ1n) is 3.79. The summed E-state index contributed by atoms with van der Waals surface area (Å²) in [6.45, 7) is 4.93. The molecule has 62 valence electrons. The fourth-order valence-corrected chi connectivity index (χ4v) is 0.421. The van der Waals surface area contributed by atoms with E-state index in [1.54, 1.807) is 0 Å². The minimum Gasteiger partial charge on any atom is -0.396 e. The van der Waals surface area contributed by atoms with Crippen molar-refractivity contribution in [2.45, 2.75) is 32.7 Å². The van der Waals surface area contributed by atoms with Gasteiger partial charge in [0.05, 0.1) is 6.61 Å². The van der Waals surface area contributed by atoms with E-state index in [0.717, 1.165) is 6.42 Å². The molecule has 10 heavy (non-hydrogen) atoms. The second-order valence-corrected chi connectivity index (χ2v) is 2.35. The molecule has 0 aliphatic heterocycles. The zero-order valence-electron chi connectivity index (χ0n) is 6.76. The highest BCUT2D eigenvalue weighted by atomic mass is 16.6. The third kappa shape index (κ3) is 6.01. The van der Waals surface area contributed by atoms with Gasteiger partial charge in [0.25, 0.3) is 0 Å². The molecule has 0 aliphatic rings. The Bertz CT molecular complexity index is 68.6. The Morgan fingerprint density at radius 3 is 2.80 bits per heavy atom. The molecule has 1 atom stereocenters. The Morgan fingerprint density at radius 2 is 2.30 bits per heavy atom. The number of aliphatic hydroxyl groups excluding tert-OH is 1. The van der Waals surface area contributed by atoms with E-state index in [0.29, 0.717) is 19.1 Å². The van der Waals surface area contributed by atoms with Crippen LogP contribution in [-0.4, -0.2) is 24.4 Å². The summed E-state index contributed by atoms with van der Waals surface area (Å²) < 4.78 is 0. The van der Waals surface area contributed by atoms with Gasteiger partial charge in [0.1, 0.15) is 0 Å². The first-order valence-corrected chi connectivity index (χ1v) is 3.79. The van der Waals surface area contributed by atoms with Gasteiger partial charge in [0, 0.05) is 12.6 Å². The lowest BCUT2D eigenvalue weighted by molar-refractivity contribution is 0.0121. The standard InChI is InChI=1S/C7H17NO2/c1-3-7(2)8-10-6-4-5-9/h7-9H,3-6H2,1-2H3. The summed E-state index contributed by atoms with van der Waals surface area (Å²) in [6.07, 6.45) is 1.75. The zero-order valence-corrected chi connectivity index (χ0v) is 6.76. The van der Waals surface area contributed by atoms with Crippen LogP contribution in [0.4, 0.5) is 0 Å². The van der Waals surface area contributed by atoms with Crippen molar-refractivity contribution in [2.24, 2.45) is 0 Å². The van der Waals surface area contributed by atoms with Crippen LogP contribution in [0.25, 0.3) is 0 Å². The second-order valence-electron chi connectivity index (χ2n) is 2.35. The van der Waals surface area contributed by atoms with Crippen molar-refractivity contribution in [3.8, 4) is 0 Å². The summed E-state index contributed by atoms with van der Waals surface area (Å²) in [5.74, 6) is 0.